The SMILES string of the molecule is SCCCCCCCCCCCOCc1ccccc1. The Kier molecular flexibility index (Phi) is 11.9. The molecule has 0 atom stereocenters. The van der Waals surface area contributed by atoms with Gasteiger partial charge in [0.15, 0.2) is 0 Å². The average molecular weight is 295 g/mol. The van der Waals surface area contributed by atoms with Crippen molar-refractivity contribution in [3.05, 3.63) is 35.9 Å². The third-order valence-electron chi connectivity index (χ3n) is 3.56. The van der Waals surface area contributed by atoms with Crippen molar-refractivity contribution >= 4 is 12.6 Å². The van der Waals surface area contributed by atoms with Crippen molar-refractivity contribution in [2.75, 3.05) is 12.4 Å². The molecule has 0 N–H and O–H groups in total. The second-order valence-corrected chi connectivity index (χ2v) is 5.89. The van der Waals surface area contributed by atoms with Gasteiger partial charge >= 0.3 is 0 Å². The molecule has 0 spiro atoms. The molecular formula is C18H30OS. The van der Waals surface area contributed by atoms with Crippen LogP contribution in [-0.4, -0.2) is 12.4 Å². The lowest BCUT2D eigenvalue weighted by Gasteiger charge is -2.04. The maximum atomic E-state index is 5.68. The van der Waals surface area contributed by atoms with Gasteiger partial charge in [0.25, 0.3) is 0 Å². The minimum absolute atomic E-state index is 0.756. The van der Waals surface area contributed by atoms with Crippen molar-refractivity contribution in [2.45, 2.75) is 64.4 Å². The van der Waals surface area contributed by atoms with Gasteiger partial charge in [0.2, 0.25) is 0 Å². The van der Waals surface area contributed by atoms with E-state index in [-0.39, 0.29) is 0 Å². The van der Waals surface area contributed by atoms with Crippen LogP contribution in [-0.2, 0) is 11.3 Å². The van der Waals surface area contributed by atoms with Gasteiger partial charge in [-0.25, -0.2) is 0 Å². The molecule has 0 aliphatic heterocycles. The summed E-state index contributed by atoms with van der Waals surface area (Å²) < 4.78 is 5.68. The first kappa shape index (κ1) is 17.6. The highest BCUT2D eigenvalue weighted by Crippen LogP contribution is 2.10. The van der Waals surface area contributed by atoms with Crippen molar-refractivity contribution < 1.29 is 4.74 Å². The van der Waals surface area contributed by atoms with Crippen LogP contribution in [0.15, 0.2) is 30.3 Å². The molecule has 20 heavy (non-hydrogen) atoms. The standard InChI is InChI=1S/C18H30OS/c20-16-12-7-5-3-1-2-4-6-11-15-19-17-18-13-9-8-10-14-18/h8-10,13-14,20H,1-7,11-12,15-17H2. The predicted molar refractivity (Wildman–Crippen MR) is 91.5 cm³/mol. The largest absolute Gasteiger partial charge is 0.377 e. The number of unbranched alkanes of at least 4 members (excludes halogenated alkanes) is 8. The van der Waals surface area contributed by atoms with Crippen LogP contribution in [0.4, 0.5) is 0 Å². The molecule has 2 heteroatoms. The molecule has 0 saturated heterocycles. The first-order valence-corrected chi connectivity index (χ1v) is 8.79. The highest BCUT2D eigenvalue weighted by molar-refractivity contribution is 7.80. The lowest BCUT2D eigenvalue weighted by molar-refractivity contribution is 0.116. The number of benzene rings is 1. The van der Waals surface area contributed by atoms with E-state index in [0.717, 1.165) is 19.0 Å². The van der Waals surface area contributed by atoms with Gasteiger partial charge in [-0.1, -0.05) is 75.3 Å². The molecule has 1 aromatic carbocycles. The van der Waals surface area contributed by atoms with Crippen molar-refractivity contribution in [1.29, 1.82) is 0 Å². The molecule has 0 aromatic heterocycles. The van der Waals surface area contributed by atoms with Crippen molar-refractivity contribution in [1.82, 2.24) is 0 Å². The van der Waals surface area contributed by atoms with Crippen LogP contribution in [0.5, 0.6) is 0 Å². The van der Waals surface area contributed by atoms with E-state index in [9.17, 15) is 0 Å². The van der Waals surface area contributed by atoms with Crippen LogP contribution in [0.25, 0.3) is 0 Å². The summed E-state index contributed by atoms with van der Waals surface area (Å²) in [5.41, 5.74) is 1.27. The summed E-state index contributed by atoms with van der Waals surface area (Å²) in [4.78, 5) is 0. The van der Waals surface area contributed by atoms with E-state index in [0.29, 0.717) is 0 Å². The summed E-state index contributed by atoms with van der Waals surface area (Å²) in [5, 5.41) is 0. The smallest absolute Gasteiger partial charge is 0.0716 e. The molecule has 0 radical (unpaired) electrons. The molecule has 1 nitrogen and oxygen atoms in total. The Morgan fingerprint density at radius 3 is 1.85 bits per heavy atom. The van der Waals surface area contributed by atoms with Crippen molar-refractivity contribution in [3.63, 3.8) is 0 Å². The number of thiol groups is 1. The Bertz CT molecular complexity index is 300. The maximum absolute atomic E-state index is 5.68. The zero-order valence-corrected chi connectivity index (χ0v) is 13.6. The Hall–Kier alpha value is -0.470. The van der Waals surface area contributed by atoms with Crippen molar-refractivity contribution in [2.24, 2.45) is 0 Å². The number of hydrogen-bond acceptors (Lipinski definition) is 2. The summed E-state index contributed by atoms with van der Waals surface area (Å²) in [6.07, 6.45) is 12.1. The monoisotopic (exact) mass is 294 g/mol. The molecular weight excluding hydrogens is 264 g/mol. The van der Waals surface area contributed by atoms with Gasteiger partial charge in [0, 0.05) is 6.61 Å². The third kappa shape index (κ3) is 10.3. The second-order valence-electron chi connectivity index (χ2n) is 5.44. The first-order valence-electron chi connectivity index (χ1n) is 8.16. The van der Waals surface area contributed by atoms with Crippen LogP contribution in [0.2, 0.25) is 0 Å². The molecule has 114 valence electrons. The molecule has 0 aliphatic rings. The Balaban J connectivity index is 1.77. The Morgan fingerprint density at radius 1 is 0.700 bits per heavy atom. The zero-order valence-electron chi connectivity index (χ0n) is 12.7. The van der Waals surface area contributed by atoms with Gasteiger partial charge in [0.05, 0.1) is 6.61 Å². The fourth-order valence-corrected chi connectivity index (χ4v) is 2.54. The summed E-state index contributed by atoms with van der Waals surface area (Å²) >= 11 is 4.23. The molecule has 0 fully saturated rings. The lowest BCUT2D eigenvalue weighted by Crippen LogP contribution is -1.95. The third-order valence-corrected chi connectivity index (χ3v) is 3.87. The average Bonchev–Trinajstić information content (AvgIpc) is 2.49. The normalized spacial score (nSPS) is 10.8. The minimum atomic E-state index is 0.756. The Labute approximate surface area is 130 Å². The topological polar surface area (TPSA) is 9.23 Å². The molecule has 1 rings (SSSR count). The zero-order chi connectivity index (χ0) is 14.3. The molecule has 0 bridgehead atoms. The lowest BCUT2D eigenvalue weighted by atomic mass is 10.1. The highest BCUT2D eigenvalue weighted by atomic mass is 32.1. The molecule has 0 amide bonds. The van der Waals surface area contributed by atoms with E-state index >= 15 is 0 Å². The summed E-state index contributed by atoms with van der Waals surface area (Å²) in [6.45, 7) is 1.66. The molecule has 0 unspecified atom stereocenters. The summed E-state index contributed by atoms with van der Waals surface area (Å²) in [7, 11) is 0. The van der Waals surface area contributed by atoms with Gasteiger partial charge in [-0.3, -0.25) is 0 Å². The molecule has 0 aliphatic carbocycles. The van der Waals surface area contributed by atoms with Gasteiger partial charge in [-0.05, 0) is 24.2 Å². The fourth-order valence-electron chi connectivity index (χ4n) is 2.32. The fraction of sp³-hybridized carbons (Fsp3) is 0.667. The summed E-state index contributed by atoms with van der Waals surface area (Å²) in [6, 6.07) is 10.4. The quantitative estimate of drug-likeness (QED) is 0.365. The van der Waals surface area contributed by atoms with Crippen LogP contribution in [0, 0.1) is 0 Å². The Morgan fingerprint density at radius 2 is 1.25 bits per heavy atom. The maximum Gasteiger partial charge on any atom is 0.0716 e. The highest BCUT2D eigenvalue weighted by Gasteiger charge is 1.94. The van der Waals surface area contributed by atoms with Gasteiger partial charge in [-0.2, -0.15) is 12.6 Å². The predicted octanol–water partition coefficient (Wildman–Crippen LogP) is 5.64. The minimum Gasteiger partial charge on any atom is -0.377 e. The van der Waals surface area contributed by atoms with E-state index in [4.69, 9.17) is 4.74 Å². The van der Waals surface area contributed by atoms with E-state index in [1.54, 1.807) is 0 Å². The summed E-state index contributed by atoms with van der Waals surface area (Å²) in [5.74, 6) is 1.04. The van der Waals surface area contributed by atoms with E-state index in [1.807, 2.05) is 6.07 Å². The van der Waals surface area contributed by atoms with Crippen LogP contribution >= 0.6 is 12.6 Å². The molecule has 1 aromatic rings. The van der Waals surface area contributed by atoms with E-state index in [1.165, 1.54) is 63.4 Å². The van der Waals surface area contributed by atoms with Crippen LogP contribution in [0.3, 0.4) is 0 Å². The van der Waals surface area contributed by atoms with Crippen LogP contribution in [0.1, 0.15) is 63.4 Å². The van der Waals surface area contributed by atoms with Crippen molar-refractivity contribution in [3.8, 4) is 0 Å². The van der Waals surface area contributed by atoms with Gasteiger partial charge in [-0.15, -0.1) is 0 Å². The molecule has 0 saturated carbocycles. The van der Waals surface area contributed by atoms with E-state index in [2.05, 4.69) is 36.9 Å². The van der Waals surface area contributed by atoms with Gasteiger partial charge in [0.1, 0.15) is 0 Å². The first-order chi connectivity index (χ1) is 9.93. The number of ether oxygens (including phenoxy) is 1. The second kappa shape index (κ2) is 13.5. The molecule has 0 heterocycles. The number of rotatable bonds is 13. The van der Waals surface area contributed by atoms with E-state index < -0.39 is 0 Å². The van der Waals surface area contributed by atoms with Gasteiger partial charge < -0.3 is 4.74 Å². The number of hydrogen-bond donors (Lipinski definition) is 1. The van der Waals surface area contributed by atoms with Crippen LogP contribution < -0.4 is 0 Å².